The first kappa shape index (κ1) is 22.9. The predicted molar refractivity (Wildman–Crippen MR) is 110 cm³/mol. The van der Waals surface area contributed by atoms with Crippen molar-refractivity contribution in [3.05, 3.63) is 41.3 Å². The maximum absolute atomic E-state index is 10.4. The van der Waals surface area contributed by atoms with Crippen LogP contribution in [0.2, 0.25) is 0 Å². The number of benzene rings is 1. The van der Waals surface area contributed by atoms with E-state index in [9.17, 15) is 9.67 Å². The van der Waals surface area contributed by atoms with Crippen LogP contribution in [0.1, 0.15) is 30.7 Å². The van der Waals surface area contributed by atoms with Crippen molar-refractivity contribution in [2.75, 3.05) is 31.7 Å². The second-order valence-corrected chi connectivity index (χ2v) is 7.58. The maximum Gasteiger partial charge on any atom is 0.191 e. The van der Waals surface area contributed by atoms with Crippen molar-refractivity contribution in [2.24, 2.45) is 0 Å². The highest BCUT2D eigenvalue weighted by Crippen LogP contribution is 2.30. The van der Waals surface area contributed by atoms with Crippen molar-refractivity contribution < 1.29 is 18.9 Å². The highest BCUT2D eigenvalue weighted by molar-refractivity contribution is 7.39. The first-order valence-corrected chi connectivity index (χ1v) is 10.5. The summed E-state index contributed by atoms with van der Waals surface area (Å²) in [6.45, 7) is 8.79. The molecular formula is C19H30N3O4P. The number of nitrogens with zero attached hydrogens (tertiary/aromatic N) is 2. The number of rotatable bonds is 8. The molecule has 27 heavy (non-hydrogen) atoms. The lowest BCUT2D eigenvalue weighted by atomic mass is 10.1. The normalized spacial score (nSPS) is 11.3. The summed E-state index contributed by atoms with van der Waals surface area (Å²) < 4.78 is 20.3. The number of aromatic nitrogens is 2. The number of methoxy groups -OCH3 is 1. The average Bonchev–Trinajstić information content (AvgIpc) is 2.66. The number of aromatic hydroxyl groups is 1. The molecule has 1 unspecified atom stereocenters. The summed E-state index contributed by atoms with van der Waals surface area (Å²) in [5.41, 5.74) is 2.81. The Morgan fingerprint density at radius 2 is 1.93 bits per heavy atom. The van der Waals surface area contributed by atoms with E-state index in [-0.39, 0.29) is 5.75 Å². The summed E-state index contributed by atoms with van der Waals surface area (Å²) in [5.74, 6) is 1.47. The number of anilines is 1. The van der Waals surface area contributed by atoms with E-state index >= 15 is 0 Å². The van der Waals surface area contributed by atoms with Gasteiger partial charge < -0.3 is 19.7 Å². The Balaban J connectivity index is 0.000000445. The zero-order valence-electron chi connectivity index (χ0n) is 16.7. The molecule has 8 heteroatoms. The third kappa shape index (κ3) is 8.41. The Morgan fingerprint density at radius 1 is 1.19 bits per heavy atom. The van der Waals surface area contributed by atoms with Gasteiger partial charge in [-0.15, -0.1) is 0 Å². The summed E-state index contributed by atoms with van der Waals surface area (Å²) in [4.78, 5) is 8.42. The Kier molecular flexibility index (Phi) is 10.5. The smallest absolute Gasteiger partial charge is 0.191 e. The van der Waals surface area contributed by atoms with Crippen LogP contribution in [0, 0.1) is 13.8 Å². The van der Waals surface area contributed by atoms with Gasteiger partial charge in [-0.1, -0.05) is 13.0 Å². The van der Waals surface area contributed by atoms with Crippen molar-refractivity contribution in [1.82, 2.24) is 9.97 Å². The molecule has 150 valence electrons. The van der Waals surface area contributed by atoms with Gasteiger partial charge in [-0.2, -0.15) is 0 Å². The number of hydrogen-bond acceptors (Lipinski definition) is 7. The SMILES string of the molecule is CCO[PH](=O)CC.COc1cc(CCNc2cnc(C)cn2)cc(C)c1O. The number of aryl methyl sites for hydroxylation is 2. The molecule has 1 aromatic carbocycles. The number of phenolic OH excluding ortho intramolecular Hbond substituents is 1. The fraction of sp³-hybridized carbons (Fsp3) is 0.474. The van der Waals surface area contributed by atoms with Crippen molar-refractivity contribution in [3.8, 4) is 11.5 Å². The van der Waals surface area contributed by atoms with Gasteiger partial charge in [0.25, 0.3) is 0 Å². The summed E-state index contributed by atoms with van der Waals surface area (Å²) in [7, 11) is -0.0759. The van der Waals surface area contributed by atoms with Gasteiger partial charge in [-0.3, -0.25) is 9.55 Å². The molecule has 0 saturated heterocycles. The van der Waals surface area contributed by atoms with Crippen LogP contribution < -0.4 is 10.1 Å². The molecule has 1 atom stereocenters. The van der Waals surface area contributed by atoms with Crippen LogP contribution in [0.4, 0.5) is 5.82 Å². The molecule has 1 heterocycles. The molecule has 1 aromatic heterocycles. The fourth-order valence-electron chi connectivity index (χ4n) is 2.20. The molecule has 0 spiro atoms. The third-order valence-electron chi connectivity index (χ3n) is 3.64. The minimum atomic E-state index is -1.63. The van der Waals surface area contributed by atoms with Crippen LogP contribution in [0.3, 0.4) is 0 Å². The Bertz CT molecular complexity index is 724. The molecule has 0 fully saturated rings. The van der Waals surface area contributed by atoms with Crippen LogP contribution >= 0.6 is 8.03 Å². The van der Waals surface area contributed by atoms with E-state index in [1.807, 2.05) is 39.8 Å². The largest absolute Gasteiger partial charge is 0.504 e. The summed E-state index contributed by atoms with van der Waals surface area (Å²) in [6, 6.07) is 3.81. The number of ether oxygens (including phenoxy) is 1. The van der Waals surface area contributed by atoms with E-state index in [2.05, 4.69) is 15.3 Å². The van der Waals surface area contributed by atoms with Crippen LogP contribution in [0.25, 0.3) is 0 Å². The van der Waals surface area contributed by atoms with E-state index in [0.29, 0.717) is 18.5 Å². The lowest BCUT2D eigenvalue weighted by Crippen LogP contribution is -2.07. The van der Waals surface area contributed by atoms with Gasteiger partial charge in [0.1, 0.15) is 5.82 Å². The molecule has 2 aromatic rings. The van der Waals surface area contributed by atoms with Gasteiger partial charge in [0.05, 0.1) is 31.8 Å². The molecule has 0 aliphatic carbocycles. The average molecular weight is 395 g/mol. The second-order valence-electron chi connectivity index (χ2n) is 5.84. The maximum atomic E-state index is 10.4. The van der Waals surface area contributed by atoms with Gasteiger partial charge in [0.15, 0.2) is 19.5 Å². The van der Waals surface area contributed by atoms with Crippen LogP contribution in [0.15, 0.2) is 24.5 Å². The molecule has 2 rings (SSSR count). The lowest BCUT2D eigenvalue weighted by Gasteiger charge is -2.10. The summed E-state index contributed by atoms with van der Waals surface area (Å²) in [6.07, 6.45) is 4.93. The lowest BCUT2D eigenvalue weighted by molar-refractivity contribution is 0.351. The van der Waals surface area contributed by atoms with Gasteiger partial charge in [0.2, 0.25) is 0 Å². The molecule has 0 aliphatic heterocycles. The van der Waals surface area contributed by atoms with E-state index < -0.39 is 8.03 Å². The summed E-state index contributed by atoms with van der Waals surface area (Å²) >= 11 is 0. The minimum absolute atomic E-state index is 0.202. The van der Waals surface area contributed by atoms with Crippen molar-refractivity contribution in [3.63, 3.8) is 0 Å². The highest BCUT2D eigenvalue weighted by atomic mass is 31.1. The van der Waals surface area contributed by atoms with E-state index in [1.54, 1.807) is 19.5 Å². The van der Waals surface area contributed by atoms with Gasteiger partial charge in [0, 0.05) is 12.7 Å². The van der Waals surface area contributed by atoms with Gasteiger partial charge in [-0.25, -0.2) is 4.98 Å². The molecule has 0 saturated carbocycles. The highest BCUT2D eigenvalue weighted by Gasteiger charge is 2.07. The monoisotopic (exact) mass is 395 g/mol. The molecular weight excluding hydrogens is 365 g/mol. The molecule has 0 radical (unpaired) electrons. The van der Waals surface area contributed by atoms with Crippen molar-refractivity contribution in [2.45, 2.75) is 34.1 Å². The van der Waals surface area contributed by atoms with E-state index in [4.69, 9.17) is 9.26 Å². The zero-order chi connectivity index (χ0) is 20.2. The Morgan fingerprint density at radius 3 is 2.44 bits per heavy atom. The molecule has 0 bridgehead atoms. The Labute approximate surface area is 162 Å². The molecule has 7 nitrogen and oxygen atoms in total. The molecule has 0 amide bonds. The molecule has 0 aliphatic rings. The number of phenols is 1. The third-order valence-corrected chi connectivity index (χ3v) is 4.83. The summed E-state index contributed by atoms with van der Waals surface area (Å²) in [5, 5.41) is 13.0. The number of nitrogens with one attached hydrogen (secondary N) is 1. The topological polar surface area (TPSA) is 93.6 Å². The van der Waals surface area contributed by atoms with Gasteiger partial charge >= 0.3 is 0 Å². The quantitative estimate of drug-likeness (QED) is 0.653. The zero-order valence-corrected chi connectivity index (χ0v) is 17.7. The second kappa shape index (κ2) is 12.3. The number of hydrogen-bond donors (Lipinski definition) is 2. The van der Waals surface area contributed by atoms with E-state index in [1.165, 1.54) is 0 Å². The first-order valence-electron chi connectivity index (χ1n) is 8.95. The van der Waals surface area contributed by atoms with E-state index in [0.717, 1.165) is 35.6 Å². The van der Waals surface area contributed by atoms with Crippen LogP contribution in [0.5, 0.6) is 11.5 Å². The van der Waals surface area contributed by atoms with Crippen LogP contribution in [-0.4, -0.2) is 41.5 Å². The predicted octanol–water partition coefficient (Wildman–Crippen LogP) is 3.98. The fourth-order valence-corrected chi connectivity index (χ4v) is 2.73. The molecule has 2 N–H and O–H groups in total. The minimum Gasteiger partial charge on any atom is -0.504 e. The van der Waals surface area contributed by atoms with Gasteiger partial charge in [-0.05, 0) is 44.4 Å². The Hall–Kier alpha value is -2.11. The van der Waals surface area contributed by atoms with Crippen molar-refractivity contribution in [1.29, 1.82) is 0 Å². The van der Waals surface area contributed by atoms with Crippen LogP contribution in [-0.2, 0) is 15.5 Å². The first-order chi connectivity index (χ1) is 12.9. The van der Waals surface area contributed by atoms with Crippen molar-refractivity contribution >= 4 is 13.8 Å². The standard InChI is InChI=1S/C15H19N3O2.C4H11O2P/c1-10-6-12(7-13(20-3)15(10)19)4-5-16-14-9-17-11(2)8-18-14;1-3-6-7(5)4-2/h6-9,19H,4-5H2,1-3H3,(H,16,18);7H,3-4H2,1-2H3.